The van der Waals surface area contributed by atoms with Crippen molar-refractivity contribution in [3.05, 3.63) is 17.4 Å². The Morgan fingerprint density at radius 2 is 1.04 bits per heavy atom. The van der Waals surface area contributed by atoms with Crippen LogP contribution in [0.5, 0.6) is 0 Å². The monoisotopic (exact) mass is 325 g/mol. The van der Waals surface area contributed by atoms with Gasteiger partial charge >= 0.3 is 0 Å². The van der Waals surface area contributed by atoms with Gasteiger partial charge in [-0.25, -0.2) is 0 Å². The average Bonchev–Trinajstić information content (AvgIpc) is 2.54. The van der Waals surface area contributed by atoms with Crippen molar-refractivity contribution in [3.8, 4) is 0 Å². The lowest BCUT2D eigenvalue weighted by atomic mass is 10.1. The van der Waals surface area contributed by atoms with Gasteiger partial charge in [0.15, 0.2) is 0 Å². The number of allylic oxidation sites excluding steroid dienone is 2. The van der Waals surface area contributed by atoms with E-state index < -0.39 is 0 Å². The highest BCUT2D eigenvalue weighted by molar-refractivity contribution is 4.81. The van der Waals surface area contributed by atoms with Gasteiger partial charge in [-0.2, -0.15) is 0 Å². The molecule has 0 saturated carbocycles. The van der Waals surface area contributed by atoms with Crippen LogP contribution in [0, 0.1) is 5.21 Å². The number of quaternary nitrogens is 1. The molecule has 1 N–H and O–H groups in total. The van der Waals surface area contributed by atoms with Crippen molar-refractivity contribution in [2.45, 2.75) is 110 Å². The number of hydrogen-bond acceptors (Lipinski definition) is 1. The minimum atomic E-state index is 0.461. The summed E-state index contributed by atoms with van der Waals surface area (Å²) < 4.78 is 0. The fourth-order valence-electron chi connectivity index (χ4n) is 2.97. The summed E-state index contributed by atoms with van der Waals surface area (Å²) in [6.07, 6.45) is 24.4. The average molecular weight is 326 g/mol. The molecular formula is C21H43NO. The summed E-state index contributed by atoms with van der Waals surface area (Å²) in [5.74, 6) is 0. The molecule has 0 amide bonds. The Kier molecular flexibility index (Phi) is 19.4. The highest BCUT2D eigenvalue weighted by Gasteiger charge is 1.96. The molecule has 0 radical (unpaired) electrons. The third-order valence-electron chi connectivity index (χ3n) is 4.50. The number of hydrogen-bond donors (Lipinski definition) is 1. The van der Waals surface area contributed by atoms with E-state index in [0.717, 1.165) is 25.9 Å². The molecule has 0 heterocycles. The van der Waals surface area contributed by atoms with Gasteiger partial charge in [0.25, 0.3) is 0 Å². The van der Waals surface area contributed by atoms with E-state index in [9.17, 15) is 5.21 Å². The fraction of sp³-hybridized carbons (Fsp3) is 0.905. The number of nitrogens with one attached hydrogen (secondary N) is 1. The lowest BCUT2D eigenvalue weighted by Gasteiger charge is -2.21. The van der Waals surface area contributed by atoms with Crippen molar-refractivity contribution >= 4 is 0 Å². The van der Waals surface area contributed by atoms with Crippen LogP contribution in [0.3, 0.4) is 0 Å². The summed E-state index contributed by atoms with van der Waals surface area (Å²) in [6.45, 7) is 5.96. The molecule has 0 saturated heterocycles. The Hall–Kier alpha value is -0.340. The number of rotatable bonds is 18. The van der Waals surface area contributed by atoms with Gasteiger partial charge in [-0.05, 0) is 44.9 Å². The zero-order valence-electron chi connectivity index (χ0n) is 16.1. The number of unbranched alkanes of at least 4 members (excludes halogenated alkanes) is 12. The van der Waals surface area contributed by atoms with Crippen LogP contribution in [-0.2, 0) is 0 Å². The Labute approximate surface area is 146 Å². The first-order valence-corrected chi connectivity index (χ1v) is 10.5. The van der Waals surface area contributed by atoms with Crippen LogP contribution >= 0.6 is 0 Å². The van der Waals surface area contributed by atoms with Crippen molar-refractivity contribution in [1.29, 1.82) is 0 Å². The van der Waals surface area contributed by atoms with Crippen LogP contribution in [0.2, 0.25) is 0 Å². The first-order valence-electron chi connectivity index (χ1n) is 10.5. The van der Waals surface area contributed by atoms with Gasteiger partial charge in [-0.3, -0.25) is 0 Å². The Balaban J connectivity index is 3.10. The molecule has 0 aliphatic carbocycles. The summed E-state index contributed by atoms with van der Waals surface area (Å²) in [6, 6.07) is 0. The first kappa shape index (κ1) is 22.7. The molecule has 23 heavy (non-hydrogen) atoms. The van der Waals surface area contributed by atoms with Gasteiger partial charge in [0.05, 0.1) is 13.1 Å². The zero-order chi connectivity index (χ0) is 17.0. The highest BCUT2D eigenvalue weighted by atomic mass is 16.5. The van der Waals surface area contributed by atoms with Crippen LogP contribution in [0.15, 0.2) is 12.2 Å². The van der Waals surface area contributed by atoms with Crippen LogP contribution < -0.4 is 5.06 Å². The second-order valence-corrected chi connectivity index (χ2v) is 6.98. The standard InChI is InChI=1S/C21H43NO/c1-3-5-6-7-8-9-10-11-12-13-14-15-16-17-18-19-21-22(23)20-4-2/h11-12,22H,3-10,13-21H2,1-2H3/b12-11-. The molecule has 2 nitrogen and oxygen atoms in total. The fourth-order valence-corrected chi connectivity index (χ4v) is 2.97. The van der Waals surface area contributed by atoms with Crippen LogP contribution in [-0.4, -0.2) is 13.1 Å². The molecule has 0 aromatic carbocycles. The Morgan fingerprint density at radius 3 is 1.57 bits per heavy atom. The van der Waals surface area contributed by atoms with Crippen molar-refractivity contribution in [2.75, 3.05) is 13.1 Å². The van der Waals surface area contributed by atoms with Gasteiger partial charge in [0, 0.05) is 0 Å². The second kappa shape index (κ2) is 19.7. The molecule has 1 atom stereocenters. The van der Waals surface area contributed by atoms with Crippen molar-refractivity contribution in [1.82, 2.24) is 0 Å². The van der Waals surface area contributed by atoms with Gasteiger partial charge in [-0.15, -0.1) is 0 Å². The van der Waals surface area contributed by atoms with Crippen molar-refractivity contribution < 1.29 is 5.06 Å². The third-order valence-corrected chi connectivity index (χ3v) is 4.50. The van der Waals surface area contributed by atoms with E-state index in [1.807, 2.05) is 0 Å². The van der Waals surface area contributed by atoms with E-state index >= 15 is 0 Å². The van der Waals surface area contributed by atoms with E-state index in [2.05, 4.69) is 26.0 Å². The summed E-state index contributed by atoms with van der Waals surface area (Å²) in [5, 5.41) is 11.8. The molecule has 0 aromatic rings. The van der Waals surface area contributed by atoms with Gasteiger partial charge in [0.1, 0.15) is 0 Å². The Morgan fingerprint density at radius 1 is 0.565 bits per heavy atom. The molecule has 0 aliphatic heterocycles. The number of hydroxylamine groups is 2. The van der Waals surface area contributed by atoms with Gasteiger partial charge in [0.2, 0.25) is 0 Å². The topological polar surface area (TPSA) is 27.5 Å². The lowest BCUT2D eigenvalue weighted by molar-refractivity contribution is -0.848. The van der Waals surface area contributed by atoms with Gasteiger partial charge < -0.3 is 10.3 Å². The zero-order valence-corrected chi connectivity index (χ0v) is 16.1. The van der Waals surface area contributed by atoms with Crippen molar-refractivity contribution in [3.63, 3.8) is 0 Å². The molecule has 0 aliphatic rings. The van der Waals surface area contributed by atoms with Crippen LogP contribution in [0.4, 0.5) is 0 Å². The predicted molar refractivity (Wildman–Crippen MR) is 104 cm³/mol. The van der Waals surface area contributed by atoms with Crippen LogP contribution in [0.25, 0.3) is 0 Å². The van der Waals surface area contributed by atoms with Gasteiger partial charge in [-0.1, -0.05) is 77.4 Å². The summed E-state index contributed by atoms with van der Waals surface area (Å²) in [4.78, 5) is 0. The third kappa shape index (κ3) is 19.6. The second-order valence-electron chi connectivity index (χ2n) is 6.98. The lowest BCUT2D eigenvalue weighted by Crippen LogP contribution is -3.07. The minimum Gasteiger partial charge on any atom is -0.634 e. The molecule has 138 valence electrons. The maximum Gasteiger partial charge on any atom is 0.0768 e. The SMILES string of the molecule is CCCCCCCC/C=C\CCCCCCCC[NH+]([O-])CCC. The van der Waals surface area contributed by atoms with E-state index in [1.165, 1.54) is 83.5 Å². The Bertz CT molecular complexity index is 240. The minimum absolute atomic E-state index is 0.461. The predicted octanol–water partition coefficient (Wildman–Crippen LogP) is 5.82. The van der Waals surface area contributed by atoms with E-state index in [1.54, 1.807) is 0 Å². The first-order chi connectivity index (χ1) is 11.3. The smallest absolute Gasteiger partial charge is 0.0768 e. The molecule has 1 unspecified atom stereocenters. The normalized spacial score (nSPS) is 13.0. The van der Waals surface area contributed by atoms with Crippen molar-refractivity contribution in [2.24, 2.45) is 0 Å². The molecule has 2 heteroatoms. The molecule has 0 fully saturated rings. The maximum absolute atomic E-state index is 11.4. The highest BCUT2D eigenvalue weighted by Crippen LogP contribution is 2.09. The molecule has 0 bridgehead atoms. The van der Waals surface area contributed by atoms with E-state index in [0.29, 0.717) is 5.06 Å². The summed E-state index contributed by atoms with van der Waals surface area (Å²) >= 11 is 0. The molecule has 0 rings (SSSR count). The quantitative estimate of drug-likeness (QED) is 0.192. The maximum atomic E-state index is 11.4. The van der Waals surface area contributed by atoms with E-state index in [4.69, 9.17) is 0 Å². The molecule has 0 aromatic heterocycles. The molecular weight excluding hydrogens is 282 g/mol. The van der Waals surface area contributed by atoms with E-state index in [-0.39, 0.29) is 0 Å². The summed E-state index contributed by atoms with van der Waals surface area (Å²) in [7, 11) is 0. The summed E-state index contributed by atoms with van der Waals surface area (Å²) in [5.41, 5.74) is 0. The largest absolute Gasteiger partial charge is 0.634 e. The van der Waals surface area contributed by atoms with Crippen LogP contribution in [0.1, 0.15) is 110 Å². The molecule has 0 spiro atoms.